The first-order valence-electron chi connectivity index (χ1n) is 5.28. The molecule has 0 aromatic heterocycles. The number of benzodiazepines with no additional fused rings is 1. The summed E-state index contributed by atoms with van der Waals surface area (Å²) < 4.78 is 0. The second-order valence-electron chi connectivity index (χ2n) is 4.07. The quantitative estimate of drug-likeness (QED) is 0.738. The van der Waals surface area contributed by atoms with Gasteiger partial charge in [-0.2, -0.15) is 0 Å². The van der Waals surface area contributed by atoms with E-state index < -0.39 is 0 Å². The maximum Gasteiger partial charge on any atom is 0.246 e. The molecule has 0 atom stereocenters. The van der Waals surface area contributed by atoms with Gasteiger partial charge < -0.3 is 5.32 Å². The highest BCUT2D eigenvalue weighted by atomic mass is 16.1. The number of hydrogen-bond donors (Lipinski definition) is 1. The number of carbonyl (C=O) groups excluding carboxylic acids is 1. The molecule has 1 aliphatic heterocycles. The summed E-state index contributed by atoms with van der Waals surface area (Å²) in [5, 5.41) is 2.88. The number of benzene rings is 1. The van der Waals surface area contributed by atoms with Crippen LogP contribution in [0.4, 0.5) is 5.69 Å². The third-order valence-corrected chi connectivity index (χ3v) is 2.83. The van der Waals surface area contributed by atoms with Crippen molar-refractivity contribution in [3.8, 4) is 0 Å². The molecule has 0 spiro atoms. The van der Waals surface area contributed by atoms with Crippen LogP contribution >= 0.6 is 0 Å². The second-order valence-corrected chi connectivity index (χ2v) is 4.07. The Balaban J connectivity index is 2.11. The van der Waals surface area contributed by atoms with Crippen LogP contribution < -0.4 is 5.32 Å². The molecular weight excluding hydrogens is 188 g/mol. The lowest BCUT2D eigenvalue weighted by molar-refractivity contribution is -0.114. The first-order chi connectivity index (χ1) is 7.34. The molecule has 3 nitrogen and oxygen atoms in total. The Labute approximate surface area is 88.2 Å². The predicted molar refractivity (Wildman–Crippen MR) is 59.2 cm³/mol. The lowest BCUT2D eigenvalue weighted by Gasteiger charge is -2.07. The molecule has 1 aromatic rings. The fourth-order valence-electron chi connectivity index (χ4n) is 1.95. The molecule has 15 heavy (non-hydrogen) atoms. The molecule has 1 aromatic carbocycles. The number of nitrogens with one attached hydrogen (secondary N) is 1. The predicted octanol–water partition coefficient (Wildman–Crippen LogP) is 1.84. The maximum absolute atomic E-state index is 11.4. The first kappa shape index (κ1) is 8.65. The van der Waals surface area contributed by atoms with Crippen molar-refractivity contribution in [2.75, 3.05) is 11.9 Å². The zero-order chi connectivity index (χ0) is 10.3. The molecule has 3 heteroatoms. The summed E-state index contributed by atoms with van der Waals surface area (Å²) in [4.78, 5) is 15.8. The van der Waals surface area contributed by atoms with Gasteiger partial charge in [0.05, 0.1) is 0 Å². The van der Waals surface area contributed by atoms with Gasteiger partial charge in [-0.3, -0.25) is 9.79 Å². The molecule has 1 fully saturated rings. The number of para-hydroxylation sites is 1. The van der Waals surface area contributed by atoms with Crippen LogP contribution in [0.5, 0.6) is 0 Å². The first-order valence-corrected chi connectivity index (χ1v) is 5.28. The van der Waals surface area contributed by atoms with Crippen molar-refractivity contribution in [1.29, 1.82) is 0 Å². The number of aliphatic imine (C=N–C) groups is 1. The highest BCUT2D eigenvalue weighted by Gasteiger charge is 2.31. The highest BCUT2D eigenvalue weighted by molar-refractivity contribution is 6.12. The van der Waals surface area contributed by atoms with Crippen LogP contribution in [0, 0.1) is 5.92 Å². The average Bonchev–Trinajstić information content (AvgIpc) is 3.03. The maximum atomic E-state index is 11.4. The molecule has 2 aliphatic rings. The van der Waals surface area contributed by atoms with Crippen LogP contribution in [0.2, 0.25) is 0 Å². The lowest BCUT2D eigenvalue weighted by atomic mass is 10.0. The van der Waals surface area contributed by atoms with Crippen molar-refractivity contribution in [3.63, 3.8) is 0 Å². The number of amides is 1. The molecule has 3 rings (SSSR count). The van der Waals surface area contributed by atoms with Gasteiger partial charge in [-0.25, -0.2) is 0 Å². The molecular formula is C12H12N2O. The normalized spacial score (nSPS) is 20.0. The molecule has 1 N–H and O–H groups in total. The summed E-state index contributed by atoms with van der Waals surface area (Å²) in [7, 11) is 0. The van der Waals surface area contributed by atoms with Gasteiger partial charge in [0.1, 0.15) is 6.54 Å². The van der Waals surface area contributed by atoms with Crippen molar-refractivity contribution in [2.24, 2.45) is 10.9 Å². The van der Waals surface area contributed by atoms with Gasteiger partial charge in [-0.05, 0) is 18.9 Å². The van der Waals surface area contributed by atoms with Crippen molar-refractivity contribution in [2.45, 2.75) is 12.8 Å². The van der Waals surface area contributed by atoms with E-state index in [-0.39, 0.29) is 12.5 Å². The van der Waals surface area contributed by atoms with E-state index in [1.807, 2.05) is 24.3 Å². The molecule has 0 unspecified atom stereocenters. The molecule has 0 radical (unpaired) electrons. The average molecular weight is 200 g/mol. The summed E-state index contributed by atoms with van der Waals surface area (Å²) in [6, 6.07) is 7.91. The van der Waals surface area contributed by atoms with Crippen molar-refractivity contribution in [3.05, 3.63) is 29.8 Å². The van der Waals surface area contributed by atoms with Gasteiger partial charge in [0.15, 0.2) is 0 Å². The van der Waals surface area contributed by atoms with Crippen LogP contribution in [0.25, 0.3) is 0 Å². The van der Waals surface area contributed by atoms with E-state index in [0.717, 1.165) is 17.0 Å². The largest absolute Gasteiger partial charge is 0.324 e. The Bertz CT molecular complexity index is 447. The van der Waals surface area contributed by atoms with Crippen molar-refractivity contribution in [1.82, 2.24) is 0 Å². The molecule has 0 bridgehead atoms. The van der Waals surface area contributed by atoms with E-state index in [1.54, 1.807) is 0 Å². The fraction of sp³-hybridized carbons (Fsp3) is 0.333. The standard InChI is InChI=1S/C12H12N2O/c15-11-7-13-12(8-5-6-8)9-3-1-2-4-10(9)14-11/h1-4,8H,5-7H2,(H,14,15). The molecule has 1 heterocycles. The van der Waals surface area contributed by atoms with E-state index in [0.29, 0.717) is 5.92 Å². The number of fused-ring (bicyclic) bond motifs is 1. The van der Waals surface area contributed by atoms with E-state index >= 15 is 0 Å². The zero-order valence-corrected chi connectivity index (χ0v) is 8.36. The Morgan fingerprint density at radius 2 is 2.07 bits per heavy atom. The number of anilines is 1. The number of carbonyl (C=O) groups is 1. The SMILES string of the molecule is O=C1CN=C(C2CC2)c2ccccc2N1. The van der Waals surface area contributed by atoms with Gasteiger partial charge in [0.2, 0.25) is 5.91 Å². The van der Waals surface area contributed by atoms with E-state index in [1.165, 1.54) is 12.8 Å². The van der Waals surface area contributed by atoms with Gasteiger partial charge in [-0.15, -0.1) is 0 Å². The van der Waals surface area contributed by atoms with Crippen LogP contribution in [0.15, 0.2) is 29.3 Å². The minimum Gasteiger partial charge on any atom is -0.324 e. The molecule has 76 valence electrons. The van der Waals surface area contributed by atoms with Gasteiger partial charge in [-0.1, -0.05) is 18.2 Å². The van der Waals surface area contributed by atoms with Gasteiger partial charge in [0.25, 0.3) is 0 Å². The van der Waals surface area contributed by atoms with Crippen LogP contribution in [0.3, 0.4) is 0 Å². The Morgan fingerprint density at radius 1 is 1.27 bits per heavy atom. The monoisotopic (exact) mass is 200 g/mol. The second kappa shape index (κ2) is 3.19. The minimum absolute atomic E-state index is 0.0156. The summed E-state index contributed by atoms with van der Waals surface area (Å²) >= 11 is 0. The summed E-state index contributed by atoms with van der Waals surface area (Å²) in [6.07, 6.45) is 2.42. The lowest BCUT2D eigenvalue weighted by Crippen LogP contribution is -2.13. The Kier molecular flexibility index (Phi) is 1.84. The number of hydrogen-bond acceptors (Lipinski definition) is 2. The number of rotatable bonds is 1. The van der Waals surface area contributed by atoms with E-state index in [2.05, 4.69) is 10.3 Å². The van der Waals surface area contributed by atoms with E-state index in [9.17, 15) is 4.79 Å². The smallest absolute Gasteiger partial charge is 0.246 e. The number of nitrogens with zero attached hydrogens (tertiary/aromatic N) is 1. The molecule has 0 saturated heterocycles. The molecule has 1 saturated carbocycles. The third-order valence-electron chi connectivity index (χ3n) is 2.83. The van der Waals surface area contributed by atoms with Crippen LogP contribution in [-0.2, 0) is 4.79 Å². The minimum atomic E-state index is -0.0156. The third kappa shape index (κ3) is 1.54. The van der Waals surface area contributed by atoms with Crippen molar-refractivity contribution < 1.29 is 4.79 Å². The highest BCUT2D eigenvalue weighted by Crippen LogP contribution is 2.36. The topological polar surface area (TPSA) is 41.5 Å². The van der Waals surface area contributed by atoms with Gasteiger partial charge >= 0.3 is 0 Å². The fourth-order valence-corrected chi connectivity index (χ4v) is 1.95. The summed E-state index contributed by atoms with van der Waals surface area (Å²) in [6.45, 7) is 0.264. The van der Waals surface area contributed by atoms with Crippen LogP contribution in [-0.4, -0.2) is 18.2 Å². The van der Waals surface area contributed by atoms with Crippen molar-refractivity contribution >= 4 is 17.3 Å². The van der Waals surface area contributed by atoms with Crippen LogP contribution in [0.1, 0.15) is 18.4 Å². The summed E-state index contributed by atoms with van der Waals surface area (Å²) in [5.74, 6) is 0.567. The molecule has 1 amide bonds. The Morgan fingerprint density at radius 3 is 2.87 bits per heavy atom. The molecule has 1 aliphatic carbocycles. The Hall–Kier alpha value is -1.64. The van der Waals surface area contributed by atoms with Gasteiger partial charge in [0, 0.05) is 22.9 Å². The summed E-state index contributed by atoms with van der Waals surface area (Å²) in [5.41, 5.74) is 3.13. The zero-order valence-electron chi connectivity index (χ0n) is 8.36. The van der Waals surface area contributed by atoms with E-state index in [4.69, 9.17) is 0 Å².